The van der Waals surface area contributed by atoms with E-state index in [0.29, 0.717) is 12.1 Å². The minimum absolute atomic E-state index is 0.422. The van der Waals surface area contributed by atoms with Gasteiger partial charge in [0.15, 0.2) is 0 Å². The number of hydrogen-bond acceptors (Lipinski definition) is 2. The van der Waals surface area contributed by atoms with Gasteiger partial charge in [0.2, 0.25) is 5.91 Å². The number of primary amides is 1. The minimum Gasteiger partial charge on any atom is -0.497 e. The van der Waals surface area contributed by atoms with Crippen molar-refractivity contribution < 1.29 is 9.53 Å². The zero-order chi connectivity index (χ0) is 22.2. The quantitative estimate of drug-likeness (QED) is 0.314. The van der Waals surface area contributed by atoms with Crippen LogP contribution in [-0.2, 0) is 6.54 Å². The first-order valence-corrected chi connectivity index (χ1v) is 11.1. The fraction of sp³-hybridized carbons (Fsp3) is 0.0741. The monoisotopic (exact) mass is 484 g/mol. The summed E-state index contributed by atoms with van der Waals surface area (Å²) in [6, 6.07) is 28.3. The Morgan fingerprint density at radius 3 is 2.38 bits per heavy atom. The van der Waals surface area contributed by atoms with E-state index in [2.05, 4.69) is 56.9 Å². The van der Waals surface area contributed by atoms with E-state index in [1.165, 1.54) is 0 Å². The minimum atomic E-state index is -0.422. The van der Waals surface area contributed by atoms with Gasteiger partial charge in [-0.05, 0) is 53.1 Å². The number of amides is 1. The van der Waals surface area contributed by atoms with Crippen LogP contribution in [0.25, 0.3) is 32.9 Å². The van der Waals surface area contributed by atoms with Crippen LogP contribution < -0.4 is 10.5 Å². The first kappa shape index (κ1) is 20.3. The molecule has 4 nitrogen and oxygen atoms in total. The van der Waals surface area contributed by atoms with Gasteiger partial charge in [0.05, 0.1) is 18.1 Å². The molecule has 2 N–H and O–H groups in total. The summed E-state index contributed by atoms with van der Waals surface area (Å²) in [5.74, 6) is 0.402. The Bertz CT molecular complexity index is 1470. The van der Waals surface area contributed by atoms with Gasteiger partial charge in [-0.2, -0.15) is 0 Å². The number of hydrogen-bond donors (Lipinski definition) is 1. The van der Waals surface area contributed by atoms with E-state index >= 15 is 0 Å². The molecular weight excluding hydrogens is 464 g/mol. The van der Waals surface area contributed by atoms with E-state index < -0.39 is 5.91 Å². The molecule has 0 aliphatic heterocycles. The van der Waals surface area contributed by atoms with Crippen LogP contribution in [0.5, 0.6) is 5.75 Å². The Morgan fingerprint density at radius 2 is 1.66 bits per heavy atom. The number of aromatic nitrogens is 1. The third-order valence-electron chi connectivity index (χ3n) is 5.87. The molecular formula is C27H21BrN2O2. The third kappa shape index (κ3) is 3.45. The van der Waals surface area contributed by atoms with Crippen LogP contribution in [0, 0.1) is 0 Å². The van der Waals surface area contributed by atoms with Crippen molar-refractivity contribution >= 4 is 43.6 Å². The number of nitrogens with zero attached hydrogens (tertiary/aromatic N) is 1. The molecule has 0 atom stereocenters. The van der Waals surface area contributed by atoms with Gasteiger partial charge in [-0.3, -0.25) is 4.79 Å². The van der Waals surface area contributed by atoms with E-state index in [4.69, 9.17) is 10.5 Å². The Morgan fingerprint density at radius 1 is 0.906 bits per heavy atom. The number of carbonyl (C=O) groups excluding carboxylic acids is 1. The summed E-state index contributed by atoms with van der Waals surface area (Å²) in [6.07, 6.45) is 0. The van der Waals surface area contributed by atoms with Gasteiger partial charge in [-0.1, -0.05) is 64.5 Å². The molecule has 0 aliphatic rings. The largest absolute Gasteiger partial charge is 0.497 e. The van der Waals surface area contributed by atoms with Crippen LogP contribution in [0.3, 0.4) is 0 Å². The van der Waals surface area contributed by atoms with Crippen LogP contribution in [0.15, 0.2) is 89.4 Å². The van der Waals surface area contributed by atoms with Crippen molar-refractivity contribution in [2.75, 3.05) is 7.11 Å². The molecule has 0 bridgehead atoms. The smallest absolute Gasteiger partial charge is 0.249 e. The van der Waals surface area contributed by atoms with Crippen molar-refractivity contribution in [3.63, 3.8) is 0 Å². The average molecular weight is 485 g/mol. The van der Waals surface area contributed by atoms with Gasteiger partial charge >= 0.3 is 0 Å². The van der Waals surface area contributed by atoms with Gasteiger partial charge in [0.1, 0.15) is 5.75 Å². The molecule has 5 aromatic rings. The Kier molecular flexibility index (Phi) is 5.19. The van der Waals surface area contributed by atoms with Gasteiger partial charge in [-0.25, -0.2) is 0 Å². The van der Waals surface area contributed by atoms with Crippen molar-refractivity contribution in [1.29, 1.82) is 0 Å². The molecule has 1 aromatic heterocycles. The molecule has 32 heavy (non-hydrogen) atoms. The van der Waals surface area contributed by atoms with Gasteiger partial charge in [0, 0.05) is 27.4 Å². The van der Waals surface area contributed by atoms with E-state index in [0.717, 1.165) is 48.7 Å². The van der Waals surface area contributed by atoms with Crippen LogP contribution in [0.2, 0.25) is 0 Å². The molecule has 1 amide bonds. The first-order chi connectivity index (χ1) is 15.6. The van der Waals surface area contributed by atoms with E-state index in [-0.39, 0.29) is 0 Å². The Labute approximate surface area is 194 Å². The topological polar surface area (TPSA) is 57.2 Å². The zero-order valence-electron chi connectivity index (χ0n) is 17.5. The van der Waals surface area contributed by atoms with E-state index in [1.54, 1.807) is 13.2 Å². The lowest BCUT2D eigenvalue weighted by Crippen LogP contribution is -2.11. The molecule has 158 valence electrons. The molecule has 1 heterocycles. The molecule has 0 fully saturated rings. The number of methoxy groups -OCH3 is 1. The zero-order valence-corrected chi connectivity index (χ0v) is 19.1. The van der Waals surface area contributed by atoms with Crippen molar-refractivity contribution in [3.8, 4) is 16.9 Å². The summed E-state index contributed by atoms with van der Waals surface area (Å²) < 4.78 is 8.60. The maximum absolute atomic E-state index is 12.2. The summed E-state index contributed by atoms with van der Waals surface area (Å²) in [7, 11) is 1.66. The van der Waals surface area contributed by atoms with Crippen LogP contribution >= 0.6 is 15.9 Å². The summed E-state index contributed by atoms with van der Waals surface area (Å²) in [6.45, 7) is 0.662. The van der Waals surface area contributed by atoms with E-state index in [1.807, 2.05) is 42.5 Å². The normalized spacial score (nSPS) is 11.2. The molecule has 0 saturated carbocycles. The maximum Gasteiger partial charge on any atom is 0.249 e. The molecule has 0 saturated heterocycles. The summed E-state index contributed by atoms with van der Waals surface area (Å²) in [5, 5.41) is 1.90. The van der Waals surface area contributed by atoms with Crippen molar-refractivity contribution in [1.82, 2.24) is 4.57 Å². The molecule has 4 aromatic carbocycles. The van der Waals surface area contributed by atoms with Crippen LogP contribution in [0.4, 0.5) is 0 Å². The number of rotatable bonds is 5. The predicted molar refractivity (Wildman–Crippen MR) is 133 cm³/mol. The summed E-state index contributed by atoms with van der Waals surface area (Å²) >= 11 is 3.67. The van der Waals surface area contributed by atoms with E-state index in [9.17, 15) is 4.79 Å². The molecule has 0 spiro atoms. The molecule has 0 radical (unpaired) electrons. The second-order valence-corrected chi connectivity index (χ2v) is 8.56. The van der Waals surface area contributed by atoms with Gasteiger partial charge in [0.25, 0.3) is 0 Å². The third-order valence-corrected chi connectivity index (χ3v) is 6.64. The number of benzene rings is 4. The fourth-order valence-corrected chi connectivity index (χ4v) is 4.69. The molecule has 5 heteroatoms. The Balaban J connectivity index is 1.78. The fourth-order valence-electron chi connectivity index (χ4n) is 4.28. The highest BCUT2D eigenvalue weighted by Gasteiger charge is 2.17. The average Bonchev–Trinajstić information content (AvgIpc) is 3.13. The lowest BCUT2D eigenvalue weighted by atomic mass is 10.0. The predicted octanol–water partition coefficient (Wildman–Crippen LogP) is 6.38. The molecule has 0 aliphatic carbocycles. The highest BCUT2D eigenvalue weighted by atomic mass is 79.9. The van der Waals surface area contributed by atoms with Crippen LogP contribution in [-0.4, -0.2) is 17.6 Å². The van der Waals surface area contributed by atoms with Gasteiger partial charge < -0.3 is 15.0 Å². The highest BCUT2D eigenvalue weighted by molar-refractivity contribution is 9.10. The first-order valence-electron chi connectivity index (χ1n) is 10.3. The highest BCUT2D eigenvalue weighted by Crippen LogP contribution is 2.35. The molecule has 5 rings (SSSR count). The van der Waals surface area contributed by atoms with Crippen molar-refractivity contribution in [2.24, 2.45) is 5.73 Å². The van der Waals surface area contributed by atoms with Crippen molar-refractivity contribution in [3.05, 3.63) is 101 Å². The lowest BCUT2D eigenvalue weighted by molar-refractivity contribution is 0.100. The van der Waals surface area contributed by atoms with Crippen molar-refractivity contribution in [2.45, 2.75) is 6.54 Å². The number of nitrogens with two attached hydrogens (primary N) is 1. The second-order valence-electron chi connectivity index (χ2n) is 7.70. The molecule has 0 unspecified atom stereocenters. The lowest BCUT2D eigenvalue weighted by Gasteiger charge is -2.11. The van der Waals surface area contributed by atoms with Crippen LogP contribution in [0.1, 0.15) is 15.9 Å². The number of ether oxygens (including phenoxy) is 1. The Hall–Kier alpha value is -3.57. The SMILES string of the molecule is COc1ccc(-c2ccc3c4c(C(N)=O)cccc4n(Cc4ccccc4Br)c3c2)cc1. The summed E-state index contributed by atoms with van der Waals surface area (Å²) in [4.78, 5) is 12.2. The number of fused-ring (bicyclic) bond motifs is 3. The second kappa shape index (κ2) is 8.17. The number of halogens is 1. The summed E-state index contributed by atoms with van der Waals surface area (Å²) in [5.41, 5.74) is 11.7. The number of carbonyl (C=O) groups is 1. The maximum atomic E-state index is 12.2. The van der Waals surface area contributed by atoms with Gasteiger partial charge in [-0.15, -0.1) is 0 Å². The standard InChI is InChI=1S/C27H21BrN2O2/c1-32-20-12-9-17(10-13-20)18-11-14-21-25(15-18)30(16-19-5-2-3-7-23(19)28)24-8-4-6-22(26(21)24)27(29)31/h2-15H,16H2,1H3,(H2,29,31).